The van der Waals surface area contributed by atoms with Gasteiger partial charge in [-0.05, 0) is 18.2 Å². The lowest BCUT2D eigenvalue weighted by atomic mass is 10.1. The second-order valence-corrected chi connectivity index (χ2v) is 4.09. The molecule has 1 aliphatic heterocycles. The number of para-hydroxylation sites is 1. The molecule has 1 aromatic heterocycles. The second kappa shape index (κ2) is 4.38. The lowest BCUT2D eigenvalue weighted by Crippen LogP contribution is -2.12. The molecule has 0 amide bonds. The van der Waals surface area contributed by atoms with Gasteiger partial charge in [-0.2, -0.15) is 5.26 Å². The van der Waals surface area contributed by atoms with E-state index in [-0.39, 0.29) is 6.04 Å². The number of pyridine rings is 1. The minimum Gasteiger partial charge on any atom is -0.491 e. The van der Waals surface area contributed by atoms with Gasteiger partial charge in [0.15, 0.2) is 0 Å². The van der Waals surface area contributed by atoms with E-state index in [1.54, 1.807) is 12.3 Å². The van der Waals surface area contributed by atoms with E-state index in [2.05, 4.69) is 10.3 Å². The molecule has 0 spiro atoms. The van der Waals surface area contributed by atoms with Gasteiger partial charge in [-0.3, -0.25) is 0 Å². The lowest BCUT2D eigenvalue weighted by molar-refractivity contribution is 0.340. The van der Waals surface area contributed by atoms with Gasteiger partial charge in [0.05, 0.1) is 6.04 Å². The van der Waals surface area contributed by atoms with Crippen molar-refractivity contribution in [3.05, 3.63) is 53.9 Å². The van der Waals surface area contributed by atoms with E-state index in [4.69, 9.17) is 10.00 Å². The van der Waals surface area contributed by atoms with Crippen molar-refractivity contribution in [1.82, 2.24) is 4.98 Å². The van der Waals surface area contributed by atoms with Gasteiger partial charge in [-0.1, -0.05) is 18.2 Å². The molecular weight excluding hydrogens is 226 g/mol. The van der Waals surface area contributed by atoms with Crippen LogP contribution >= 0.6 is 0 Å². The van der Waals surface area contributed by atoms with Crippen molar-refractivity contribution in [3.63, 3.8) is 0 Å². The predicted octanol–water partition coefficient (Wildman–Crippen LogP) is 2.50. The molecule has 1 N–H and O–H groups in total. The molecule has 0 saturated heterocycles. The van der Waals surface area contributed by atoms with Crippen LogP contribution in [0.25, 0.3) is 0 Å². The molecule has 0 bridgehead atoms. The zero-order valence-electron chi connectivity index (χ0n) is 9.63. The summed E-state index contributed by atoms with van der Waals surface area (Å²) in [5.74, 6) is 0.921. The second-order valence-electron chi connectivity index (χ2n) is 4.09. The maximum absolute atomic E-state index is 8.82. The highest BCUT2D eigenvalue weighted by Gasteiger charge is 2.23. The summed E-state index contributed by atoms with van der Waals surface area (Å²) < 4.78 is 5.60. The van der Waals surface area contributed by atoms with Gasteiger partial charge in [0.1, 0.15) is 24.1 Å². The van der Waals surface area contributed by atoms with Crippen LogP contribution in [0, 0.1) is 11.3 Å². The monoisotopic (exact) mass is 237 g/mol. The number of hydrogen-bond acceptors (Lipinski definition) is 4. The highest BCUT2D eigenvalue weighted by molar-refractivity contribution is 5.51. The Hall–Kier alpha value is -2.54. The summed E-state index contributed by atoms with van der Waals surface area (Å²) in [4.78, 5) is 3.94. The van der Waals surface area contributed by atoms with E-state index in [9.17, 15) is 0 Å². The molecule has 1 aliphatic rings. The van der Waals surface area contributed by atoms with Crippen LogP contribution < -0.4 is 10.1 Å². The third-order valence-corrected chi connectivity index (χ3v) is 2.92. The Balaban J connectivity index is 1.84. The molecule has 4 heteroatoms. The van der Waals surface area contributed by atoms with Crippen LogP contribution in [0.4, 0.5) is 5.69 Å². The summed E-state index contributed by atoms with van der Waals surface area (Å²) in [6.45, 7) is 0.601. The van der Waals surface area contributed by atoms with Crippen molar-refractivity contribution in [1.29, 1.82) is 5.26 Å². The Labute approximate surface area is 105 Å². The number of anilines is 1. The summed E-state index contributed by atoms with van der Waals surface area (Å²) in [5, 5.41) is 12.2. The molecule has 0 radical (unpaired) electrons. The Bertz CT molecular complexity index is 618. The number of rotatable bonds is 2. The van der Waals surface area contributed by atoms with Gasteiger partial charge in [-0.15, -0.1) is 0 Å². The first-order valence-corrected chi connectivity index (χ1v) is 5.71. The number of nitrogens with zero attached hydrogens (tertiary/aromatic N) is 2. The molecule has 3 rings (SSSR count). The number of nitriles is 1. The maximum atomic E-state index is 8.82. The first-order chi connectivity index (χ1) is 8.86. The van der Waals surface area contributed by atoms with Crippen molar-refractivity contribution < 1.29 is 4.74 Å². The van der Waals surface area contributed by atoms with Gasteiger partial charge >= 0.3 is 0 Å². The predicted molar refractivity (Wildman–Crippen MR) is 67.3 cm³/mol. The van der Waals surface area contributed by atoms with Crippen molar-refractivity contribution in [2.75, 3.05) is 11.9 Å². The summed E-state index contributed by atoms with van der Waals surface area (Å²) in [6.07, 6.45) is 1.63. The van der Waals surface area contributed by atoms with E-state index >= 15 is 0 Å². The van der Waals surface area contributed by atoms with Gasteiger partial charge in [0.25, 0.3) is 0 Å². The first-order valence-electron chi connectivity index (χ1n) is 5.71. The first kappa shape index (κ1) is 10.6. The highest BCUT2D eigenvalue weighted by atomic mass is 16.5. The maximum Gasteiger partial charge on any atom is 0.142 e. The zero-order valence-corrected chi connectivity index (χ0v) is 9.63. The lowest BCUT2D eigenvalue weighted by Gasteiger charge is -2.12. The highest BCUT2D eigenvalue weighted by Crippen LogP contribution is 2.33. The van der Waals surface area contributed by atoms with Crippen LogP contribution in [0.2, 0.25) is 0 Å². The number of fused-ring (bicyclic) bond motifs is 1. The van der Waals surface area contributed by atoms with Crippen LogP contribution in [0.3, 0.4) is 0 Å². The number of nitrogens with one attached hydrogen (secondary N) is 1. The average Bonchev–Trinajstić information content (AvgIpc) is 2.83. The molecule has 1 atom stereocenters. The fourth-order valence-corrected chi connectivity index (χ4v) is 2.06. The number of benzene rings is 1. The normalized spacial score (nSPS) is 16.5. The molecular formula is C14H11N3O. The Morgan fingerprint density at radius 1 is 1.33 bits per heavy atom. The molecule has 4 nitrogen and oxygen atoms in total. The fourth-order valence-electron chi connectivity index (χ4n) is 2.06. The number of ether oxygens (including phenoxy) is 1. The largest absolute Gasteiger partial charge is 0.491 e. The standard InChI is InChI=1S/C14H11N3O/c15-8-11-7-10(5-6-16-11)17-13-9-18-14-4-2-1-3-12(13)14/h1-7,13H,9H2,(H,16,17). The van der Waals surface area contributed by atoms with Crippen LogP contribution in [0.15, 0.2) is 42.6 Å². The molecule has 88 valence electrons. The quantitative estimate of drug-likeness (QED) is 0.871. The number of aromatic nitrogens is 1. The van der Waals surface area contributed by atoms with Gasteiger partial charge in [-0.25, -0.2) is 4.98 Å². The topological polar surface area (TPSA) is 57.9 Å². The molecule has 0 aliphatic carbocycles. The summed E-state index contributed by atoms with van der Waals surface area (Å²) in [6, 6.07) is 13.7. The van der Waals surface area contributed by atoms with Gasteiger partial charge in [0.2, 0.25) is 0 Å². The van der Waals surface area contributed by atoms with E-state index in [0.29, 0.717) is 12.3 Å². The fraction of sp³-hybridized carbons (Fsp3) is 0.143. The zero-order chi connectivity index (χ0) is 12.4. The summed E-state index contributed by atoms with van der Waals surface area (Å²) in [5.41, 5.74) is 2.44. The van der Waals surface area contributed by atoms with Crippen molar-refractivity contribution >= 4 is 5.69 Å². The molecule has 2 aromatic rings. The molecule has 1 unspecified atom stereocenters. The summed E-state index contributed by atoms with van der Waals surface area (Å²) >= 11 is 0. The molecule has 2 heterocycles. The molecule has 1 aromatic carbocycles. The smallest absolute Gasteiger partial charge is 0.142 e. The molecule has 18 heavy (non-hydrogen) atoms. The minimum absolute atomic E-state index is 0.121. The van der Waals surface area contributed by atoms with Crippen LogP contribution in [-0.2, 0) is 0 Å². The number of hydrogen-bond donors (Lipinski definition) is 1. The summed E-state index contributed by atoms with van der Waals surface area (Å²) in [7, 11) is 0. The van der Waals surface area contributed by atoms with Crippen LogP contribution in [-0.4, -0.2) is 11.6 Å². The minimum atomic E-state index is 0.121. The Morgan fingerprint density at radius 3 is 3.11 bits per heavy atom. The molecule has 0 fully saturated rings. The molecule has 0 saturated carbocycles. The van der Waals surface area contributed by atoms with E-state index in [0.717, 1.165) is 17.0 Å². The third kappa shape index (κ3) is 1.87. The van der Waals surface area contributed by atoms with E-state index in [1.807, 2.05) is 36.4 Å². The van der Waals surface area contributed by atoms with Crippen molar-refractivity contribution in [2.24, 2.45) is 0 Å². The Morgan fingerprint density at radius 2 is 2.22 bits per heavy atom. The van der Waals surface area contributed by atoms with Gasteiger partial charge in [0, 0.05) is 17.4 Å². The third-order valence-electron chi connectivity index (χ3n) is 2.92. The Kier molecular flexibility index (Phi) is 2.58. The van der Waals surface area contributed by atoms with Crippen LogP contribution in [0.1, 0.15) is 17.3 Å². The van der Waals surface area contributed by atoms with E-state index in [1.165, 1.54) is 0 Å². The van der Waals surface area contributed by atoms with Crippen molar-refractivity contribution in [3.8, 4) is 11.8 Å². The van der Waals surface area contributed by atoms with Crippen LogP contribution in [0.5, 0.6) is 5.75 Å². The average molecular weight is 237 g/mol. The SMILES string of the molecule is N#Cc1cc(NC2COc3ccccc32)ccn1. The van der Waals surface area contributed by atoms with Gasteiger partial charge < -0.3 is 10.1 Å². The van der Waals surface area contributed by atoms with Crippen molar-refractivity contribution in [2.45, 2.75) is 6.04 Å². The van der Waals surface area contributed by atoms with E-state index < -0.39 is 0 Å².